The van der Waals surface area contributed by atoms with Crippen LogP contribution in [0.15, 0.2) is 54.1 Å². The second-order valence-corrected chi connectivity index (χ2v) is 11.1. The van der Waals surface area contributed by atoms with Gasteiger partial charge in [0.25, 0.3) is 0 Å². The standard InChI is InChI=1S/C30H32FN9O2/c1-6-24(41)39-18(4)15-37(16-19(39)5)28-21-13-22(31)26-23-14-33-36-38(23)12-8-7-9-20-10-11-32-25(17(2)3)27(20)40(29(21)34-26)30(42)35-28/h6-8,10-11,13-14,17-19H,1,9,12,15-16H2,2-5H3/b8-7-. The normalized spacial score (nSPS) is 19.3. The van der Waals surface area contributed by atoms with E-state index in [1.54, 1.807) is 15.8 Å². The predicted octanol–water partition coefficient (Wildman–Crippen LogP) is 3.42. The highest BCUT2D eigenvalue weighted by molar-refractivity contribution is 5.91. The number of carbonyl (C=O) groups excluding carboxylic acids is 1. The van der Waals surface area contributed by atoms with Crippen LogP contribution in [0.5, 0.6) is 0 Å². The van der Waals surface area contributed by atoms with Gasteiger partial charge in [-0.1, -0.05) is 37.8 Å². The number of carbonyl (C=O) groups is 1. The first-order valence-corrected chi connectivity index (χ1v) is 14.0. The van der Waals surface area contributed by atoms with Crippen molar-refractivity contribution in [3.63, 3.8) is 0 Å². The van der Waals surface area contributed by atoms with Crippen LogP contribution in [0.4, 0.5) is 10.2 Å². The fraction of sp³-hybridized carbons (Fsp3) is 0.367. The van der Waals surface area contributed by atoms with Crippen molar-refractivity contribution in [1.29, 1.82) is 0 Å². The van der Waals surface area contributed by atoms with Gasteiger partial charge in [0.05, 0.1) is 29.5 Å². The second-order valence-electron chi connectivity index (χ2n) is 11.1. The molecule has 0 radical (unpaired) electrons. The van der Waals surface area contributed by atoms with E-state index in [4.69, 9.17) is 4.98 Å². The van der Waals surface area contributed by atoms with Crippen LogP contribution in [0.3, 0.4) is 0 Å². The van der Waals surface area contributed by atoms with Crippen LogP contribution in [0.1, 0.15) is 44.9 Å². The summed E-state index contributed by atoms with van der Waals surface area (Å²) in [6, 6.07) is 2.88. The van der Waals surface area contributed by atoms with Gasteiger partial charge in [0, 0.05) is 31.4 Å². The summed E-state index contributed by atoms with van der Waals surface area (Å²) < 4.78 is 19.0. The van der Waals surface area contributed by atoms with Crippen molar-refractivity contribution in [2.24, 2.45) is 0 Å². The number of anilines is 1. The monoisotopic (exact) mass is 569 g/mol. The number of fused-ring (bicyclic) bond motifs is 5. The number of aromatic nitrogens is 7. The Labute approximate surface area is 242 Å². The van der Waals surface area contributed by atoms with Crippen LogP contribution in [0, 0.1) is 5.82 Å². The molecule has 12 heteroatoms. The first kappa shape index (κ1) is 27.4. The van der Waals surface area contributed by atoms with E-state index in [0.717, 1.165) is 5.56 Å². The zero-order valence-corrected chi connectivity index (χ0v) is 24.0. The summed E-state index contributed by atoms with van der Waals surface area (Å²) in [5, 5.41) is 8.52. The zero-order chi connectivity index (χ0) is 29.7. The number of amides is 1. The number of allylic oxidation sites excluding steroid dienone is 2. The molecule has 2 bridgehead atoms. The molecule has 42 heavy (non-hydrogen) atoms. The topological polar surface area (TPSA) is 115 Å². The Morgan fingerprint density at radius 2 is 1.93 bits per heavy atom. The van der Waals surface area contributed by atoms with Gasteiger partial charge in [0.15, 0.2) is 11.5 Å². The minimum atomic E-state index is -0.586. The van der Waals surface area contributed by atoms with Gasteiger partial charge in [-0.25, -0.2) is 23.4 Å². The smallest absolute Gasteiger partial charge is 0.352 e. The number of rotatable bonds is 3. The maximum absolute atomic E-state index is 16.0. The van der Waals surface area contributed by atoms with E-state index >= 15 is 4.39 Å². The first-order valence-electron chi connectivity index (χ1n) is 14.0. The SMILES string of the molecule is C=CC(=O)N1C(C)CN(c2nc(=O)n3c4nc(c(F)cc24)-c2cnnn2C/C=C\Cc2ccnc(C(C)C)c2-3)CC1C. The number of halogens is 1. The minimum absolute atomic E-state index is 0.0128. The lowest BCUT2D eigenvalue weighted by molar-refractivity contribution is -0.130. The third-order valence-corrected chi connectivity index (χ3v) is 7.90. The van der Waals surface area contributed by atoms with Gasteiger partial charge in [-0.3, -0.25) is 9.78 Å². The van der Waals surface area contributed by atoms with E-state index in [9.17, 15) is 9.59 Å². The lowest BCUT2D eigenvalue weighted by Gasteiger charge is -2.44. The van der Waals surface area contributed by atoms with Crippen LogP contribution in [0.25, 0.3) is 28.1 Å². The summed E-state index contributed by atoms with van der Waals surface area (Å²) in [4.78, 5) is 44.3. The molecular weight excluding hydrogens is 537 g/mol. The maximum atomic E-state index is 16.0. The molecule has 1 amide bonds. The summed E-state index contributed by atoms with van der Waals surface area (Å²) >= 11 is 0. The third kappa shape index (κ3) is 4.47. The molecule has 0 spiro atoms. The van der Waals surface area contributed by atoms with Crippen molar-refractivity contribution in [3.8, 4) is 17.1 Å². The molecule has 11 nitrogen and oxygen atoms in total. The molecule has 1 saturated heterocycles. The number of hydrogen-bond acceptors (Lipinski definition) is 8. The molecular formula is C30H32FN9O2. The molecule has 0 aliphatic carbocycles. The van der Waals surface area contributed by atoms with Gasteiger partial charge in [-0.15, -0.1) is 5.10 Å². The molecule has 0 saturated carbocycles. The zero-order valence-electron chi connectivity index (χ0n) is 24.0. The first-order chi connectivity index (χ1) is 20.2. The minimum Gasteiger partial charge on any atom is -0.352 e. The highest BCUT2D eigenvalue weighted by Gasteiger charge is 2.34. The van der Waals surface area contributed by atoms with Gasteiger partial charge in [-0.2, -0.15) is 4.98 Å². The Morgan fingerprint density at radius 1 is 1.17 bits per heavy atom. The van der Waals surface area contributed by atoms with E-state index in [0.29, 0.717) is 54.3 Å². The summed E-state index contributed by atoms with van der Waals surface area (Å²) in [6.07, 6.45) is 8.96. The Morgan fingerprint density at radius 3 is 2.64 bits per heavy atom. The maximum Gasteiger partial charge on any atom is 0.355 e. The number of hydrogen-bond donors (Lipinski definition) is 0. The highest BCUT2D eigenvalue weighted by atomic mass is 19.1. The second kappa shape index (κ2) is 10.6. The van der Waals surface area contributed by atoms with E-state index < -0.39 is 11.5 Å². The molecule has 2 aliphatic heterocycles. The van der Waals surface area contributed by atoms with Crippen molar-refractivity contribution in [2.45, 2.75) is 58.7 Å². The van der Waals surface area contributed by atoms with Gasteiger partial charge in [0.1, 0.15) is 17.2 Å². The Kier molecular flexibility index (Phi) is 6.91. The largest absolute Gasteiger partial charge is 0.355 e. The van der Waals surface area contributed by atoms with Crippen LogP contribution >= 0.6 is 0 Å². The van der Waals surface area contributed by atoms with Crippen molar-refractivity contribution in [3.05, 3.63) is 76.9 Å². The van der Waals surface area contributed by atoms with E-state index in [1.165, 1.54) is 22.9 Å². The van der Waals surface area contributed by atoms with Crippen molar-refractivity contribution < 1.29 is 9.18 Å². The molecule has 0 aromatic carbocycles. The molecule has 2 aliphatic rings. The third-order valence-electron chi connectivity index (χ3n) is 7.90. The average Bonchev–Trinajstić information content (AvgIpc) is 3.41. The summed E-state index contributed by atoms with van der Waals surface area (Å²) in [6.45, 7) is 12.7. The predicted molar refractivity (Wildman–Crippen MR) is 157 cm³/mol. The number of nitrogens with zero attached hydrogens (tertiary/aromatic N) is 9. The summed E-state index contributed by atoms with van der Waals surface area (Å²) in [5.41, 5.74) is 2.34. The van der Waals surface area contributed by atoms with Crippen LogP contribution in [-0.2, 0) is 17.8 Å². The molecule has 2 unspecified atom stereocenters. The highest BCUT2D eigenvalue weighted by Crippen LogP contribution is 2.34. The molecule has 1 fully saturated rings. The van der Waals surface area contributed by atoms with Gasteiger partial charge in [-0.05, 0) is 50.0 Å². The van der Waals surface area contributed by atoms with Crippen LogP contribution < -0.4 is 10.6 Å². The van der Waals surface area contributed by atoms with Crippen molar-refractivity contribution in [2.75, 3.05) is 18.0 Å². The van der Waals surface area contributed by atoms with E-state index in [2.05, 4.69) is 26.9 Å². The van der Waals surface area contributed by atoms with E-state index in [-0.39, 0.29) is 35.2 Å². The lowest BCUT2D eigenvalue weighted by atomic mass is 10.0. The molecule has 6 heterocycles. The lowest BCUT2D eigenvalue weighted by Crippen LogP contribution is -2.58. The number of pyridine rings is 2. The Bertz CT molecular complexity index is 1800. The molecule has 6 rings (SSSR count). The van der Waals surface area contributed by atoms with Crippen LogP contribution in [0.2, 0.25) is 0 Å². The molecule has 0 N–H and O–H groups in total. The molecule has 4 aromatic rings. The summed E-state index contributed by atoms with van der Waals surface area (Å²) in [7, 11) is 0. The van der Waals surface area contributed by atoms with Gasteiger partial charge >= 0.3 is 5.69 Å². The van der Waals surface area contributed by atoms with Gasteiger partial charge in [0.2, 0.25) is 5.91 Å². The fourth-order valence-electron chi connectivity index (χ4n) is 6.08. The Balaban J connectivity index is 1.66. The molecule has 216 valence electrons. The van der Waals surface area contributed by atoms with Crippen molar-refractivity contribution in [1.82, 2.24) is 39.4 Å². The molecule has 4 aromatic heterocycles. The quantitative estimate of drug-likeness (QED) is 0.272. The van der Waals surface area contributed by atoms with Gasteiger partial charge < -0.3 is 9.80 Å². The summed E-state index contributed by atoms with van der Waals surface area (Å²) in [5.74, 6) is -0.436. The number of piperazine rings is 1. The van der Waals surface area contributed by atoms with Crippen LogP contribution in [-0.4, -0.2) is 70.5 Å². The molecule has 2 atom stereocenters. The average molecular weight is 570 g/mol. The van der Waals surface area contributed by atoms with E-state index in [1.807, 2.05) is 50.8 Å². The Hall–Kier alpha value is -4.74. The fourth-order valence-corrected chi connectivity index (χ4v) is 6.08. The van der Waals surface area contributed by atoms with Crippen molar-refractivity contribution >= 4 is 22.8 Å².